The fourth-order valence-corrected chi connectivity index (χ4v) is 4.47. The molecule has 186 valence electrons. The maximum atomic E-state index is 12.8. The molecule has 1 aromatic heterocycles. The maximum absolute atomic E-state index is 12.8. The van der Waals surface area contributed by atoms with Crippen molar-refractivity contribution in [3.05, 3.63) is 75.6 Å². The van der Waals surface area contributed by atoms with Crippen LogP contribution in [0.2, 0.25) is 0 Å². The molecule has 1 aliphatic rings. The first-order chi connectivity index (χ1) is 16.9. The summed E-state index contributed by atoms with van der Waals surface area (Å²) in [6, 6.07) is 14.7. The standard InChI is InChI=1S/C28H34N2O5/c1-19(2)14-23(30-10-12-33-13-11-30)17-29-28(32)22-6-4-21(5-7-22)18-34-24-8-9-25-20(3)15-27(31)35-26(25)16-24/h4-9,15-16,19,23H,10-14,17-18H2,1-3H3,(H,29,32). The zero-order valence-corrected chi connectivity index (χ0v) is 20.7. The lowest BCUT2D eigenvalue weighted by Gasteiger charge is -2.35. The van der Waals surface area contributed by atoms with Gasteiger partial charge in [0.2, 0.25) is 0 Å². The topological polar surface area (TPSA) is 81.0 Å². The molecule has 1 unspecified atom stereocenters. The summed E-state index contributed by atoms with van der Waals surface area (Å²) in [5, 5.41) is 4.00. The summed E-state index contributed by atoms with van der Waals surface area (Å²) in [7, 11) is 0. The van der Waals surface area contributed by atoms with Crippen molar-refractivity contribution in [3.8, 4) is 5.75 Å². The van der Waals surface area contributed by atoms with Crippen LogP contribution in [0.3, 0.4) is 0 Å². The minimum absolute atomic E-state index is 0.0700. The lowest BCUT2D eigenvalue weighted by atomic mass is 10.0. The predicted molar refractivity (Wildman–Crippen MR) is 136 cm³/mol. The van der Waals surface area contributed by atoms with Crippen molar-refractivity contribution < 1.29 is 18.7 Å². The molecular formula is C28H34N2O5. The zero-order valence-electron chi connectivity index (χ0n) is 20.7. The number of hydrogen-bond acceptors (Lipinski definition) is 6. The Bertz CT molecular complexity index is 1200. The Labute approximate surface area is 206 Å². The average molecular weight is 479 g/mol. The molecule has 1 aliphatic heterocycles. The molecule has 0 aliphatic carbocycles. The number of amides is 1. The summed E-state index contributed by atoms with van der Waals surface area (Å²) in [4.78, 5) is 26.8. The van der Waals surface area contributed by atoms with E-state index in [1.807, 2.05) is 43.3 Å². The number of aryl methyl sites for hydroxylation is 1. The van der Waals surface area contributed by atoms with E-state index < -0.39 is 0 Å². The fraction of sp³-hybridized carbons (Fsp3) is 0.429. The molecule has 35 heavy (non-hydrogen) atoms. The molecule has 1 amide bonds. The van der Waals surface area contributed by atoms with Crippen LogP contribution in [0.4, 0.5) is 0 Å². The van der Waals surface area contributed by atoms with Crippen LogP contribution in [0.1, 0.15) is 41.8 Å². The van der Waals surface area contributed by atoms with Crippen LogP contribution >= 0.6 is 0 Å². The minimum atomic E-state index is -0.374. The van der Waals surface area contributed by atoms with E-state index >= 15 is 0 Å². The molecule has 2 heterocycles. The Balaban J connectivity index is 1.32. The number of fused-ring (bicyclic) bond motifs is 1. The molecule has 1 saturated heterocycles. The molecule has 2 aromatic carbocycles. The Morgan fingerprint density at radius 1 is 1.09 bits per heavy atom. The second-order valence-corrected chi connectivity index (χ2v) is 9.53. The highest BCUT2D eigenvalue weighted by Crippen LogP contribution is 2.23. The third-order valence-electron chi connectivity index (χ3n) is 6.35. The first-order valence-electron chi connectivity index (χ1n) is 12.3. The number of benzene rings is 2. The predicted octanol–water partition coefficient (Wildman–Crippen LogP) is 4.16. The summed E-state index contributed by atoms with van der Waals surface area (Å²) in [5.74, 6) is 1.11. The van der Waals surface area contributed by atoms with Crippen LogP contribution in [0, 0.1) is 12.8 Å². The van der Waals surface area contributed by atoms with Gasteiger partial charge in [0.05, 0.1) is 13.2 Å². The zero-order chi connectivity index (χ0) is 24.8. The largest absolute Gasteiger partial charge is 0.489 e. The number of morpholine rings is 1. The molecule has 0 spiro atoms. The molecule has 7 nitrogen and oxygen atoms in total. The van der Waals surface area contributed by atoms with Crippen molar-refractivity contribution in [3.63, 3.8) is 0 Å². The van der Waals surface area contributed by atoms with Crippen molar-refractivity contribution in [1.82, 2.24) is 10.2 Å². The number of ether oxygens (including phenoxy) is 2. The maximum Gasteiger partial charge on any atom is 0.336 e. The van der Waals surface area contributed by atoms with Crippen molar-refractivity contribution in [2.75, 3.05) is 32.8 Å². The van der Waals surface area contributed by atoms with E-state index in [0.717, 1.165) is 49.2 Å². The smallest absolute Gasteiger partial charge is 0.336 e. The SMILES string of the molecule is Cc1cc(=O)oc2cc(OCc3ccc(C(=O)NCC(CC(C)C)N4CCOCC4)cc3)ccc12. The molecule has 0 saturated carbocycles. The Hall–Kier alpha value is -3.16. The monoisotopic (exact) mass is 478 g/mol. The Kier molecular flexibility index (Phi) is 8.21. The molecule has 3 aromatic rings. The molecule has 1 fully saturated rings. The van der Waals surface area contributed by atoms with Gasteiger partial charge >= 0.3 is 5.63 Å². The van der Waals surface area contributed by atoms with Crippen LogP contribution in [0.25, 0.3) is 11.0 Å². The van der Waals surface area contributed by atoms with Crippen LogP contribution in [0.15, 0.2) is 57.7 Å². The van der Waals surface area contributed by atoms with Crippen LogP contribution in [0.5, 0.6) is 5.75 Å². The lowest BCUT2D eigenvalue weighted by Crippen LogP contribution is -2.49. The molecule has 1 atom stereocenters. The van der Waals surface area contributed by atoms with E-state index in [9.17, 15) is 9.59 Å². The van der Waals surface area contributed by atoms with Gasteiger partial charge in [-0.2, -0.15) is 0 Å². The molecule has 4 rings (SSSR count). The van der Waals surface area contributed by atoms with Crippen LogP contribution < -0.4 is 15.7 Å². The molecule has 7 heteroatoms. The molecule has 1 N–H and O–H groups in total. The van der Waals surface area contributed by atoms with Gasteiger partial charge < -0.3 is 19.2 Å². The van der Waals surface area contributed by atoms with Crippen molar-refractivity contribution >= 4 is 16.9 Å². The fourth-order valence-electron chi connectivity index (χ4n) is 4.47. The van der Waals surface area contributed by atoms with Gasteiger partial charge in [-0.3, -0.25) is 9.69 Å². The van der Waals surface area contributed by atoms with Gasteiger partial charge in [0.1, 0.15) is 17.9 Å². The Morgan fingerprint density at radius 2 is 1.83 bits per heavy atom. The summed E-state index contributed by atoms with van der Waals surface area (Å²) in [5.41, 5.74) is 2.58. The van der Waals surface area contributed by atoms with E-state index in [0.29, 0.717) is 42.0 Å². The van der Waals surface area contributed by atoms with Crippen molar-refractivity contribution in [1.29, 1.82) is 0 Å². The van der Waals surface area contributed by atoms with Crippen molar-refractivity contribution in [2.45, 2.75) is 39.8 Å². The number of rotatable bonds is 9. The van der Waals surface area contributed by atoms with Gasteiger partial charge in [-0.15, -0.1) is 0 Å². The Morgan fingerprint density at radius 3 is 2.54 bits per heavy atom. The van der Waals surface area contributed by atoms with Crippen LogP contribution in [-0.4, -0.2) is 49.7 Å². The van der Waals surface area contributed by atoms with Crippen LogP contribution in [-0.2, 0) is 11.3 Å². The molecule has 0 radical (unpaired) electrons. The van der Waals surface area contributed by atoms with E-state index in [-0.39, 0.29) is 11.5 Å². The summed E-state index contributed by atoms with van der Waals surface area (Å²) in [6.07, 6.45) is 1.04. The highest BCUT2D eigenvalue weighted by Gasteiger charge is 2.22. The van der Waals surface area contributed by atoms with E-state index in [1.54, 1.807) is 6.07 Å². The van der Waals surface area contributed by atoms with E-state index in [2.05, 4.69) is 24.1 Å². The third-order valence-corrected chi connectivity index (χ3v) is 6.35. The summed E-state index contributed by atoms with van der Waals surface area (Å²) < 4.78 is 16.7. The van der Waals surface area contributed by atoms with Gasteiger partial charge in [0, 0.05) is 48.8 Å². The van der Waals surface area contributed by atoms with Crippen molar-refractivity contribution in [2.24, 2.45) is 5.92 Å². The second kappa shape index (κ2) is 11.5. The average Bonchev–Trinajstić information content (AvgIpc) is 2.85. The third kappa shape index (κ3) is 6.71. The number of carbonyl (C=O) groups is 1. The second-order valence-electron chi connectivity index (χ2n) is 9.53. The first-order valence-corrected chi connectivity index (χ1v) is 12.3. The number of nitrogens with zero attached hydrogens (tertiary/aromatic N) is 1. The minimum Gasteiger partial charge on any atom is -0.489 e. The first kappa shape index (κ1) is 24.9. The quantitative estimate of drug-likeness (QED) is 0.465. The number of hydrogen-bond donors (Lipinski definition) is 1. The lowest BCUT2D eigenvalue weighted by molar-refractivity contribution is 0.0124. The van der Waals surface area contributed by atoms with Gasteiger partial charge in [-0.1, -0.05) is 26.0 Å². The van der Waals surface area contributed by atoms with Gasteiger partial charge in [-0.25, -0.2) is 4.79 Å². The number of nitrogens with one attached hydrogen (secondary N) is 1. The molecular weight excluding hydrogens is 444 g/mol. The van der Waals surface area contributed by atoms with Gasteiger partial charge in [-0.05, 0) is 54.7 Å². The normalized spacial score (nSPS) is 15.3. The van der Waals surface area contributed by atoms with Gasteiger partial charge in [0.15, 0.2) is 0 Å². The molecule has 0 bridgehead atoms. The highest BCUT2D eigenvalue weighted by molar-refractivity contribution is 5.94. The van der Waals surface area contributed by atoms with Gasteiger partial charge in [0.25, 0.3) is 5.91 Å². The number of carbonyl (C=O) groups excluding carboxylic acids is 1. The van der Waals surface area contributed by atoms with E-state index in [4.69, 9.17) is 13.9 Å². The van der Waals surface area contributed by atoms with E-state index in [1.165, 1.54) is 6.07 Å². The summed E-state index contributed by atoms with van der Waals surface area (Å²) in [6.45, 7) is 10.6. The summed E-state index contributed by atoms with van der Waals surface area (Å²) >= 11 is 0. The highest BCUT2D eigenvalue weighted by atomic mass is 16.5.